The number of aliphatic carboxylic acids is 4. The van der Waals surface area contributed by atoms with Crippen LogP contribution in [-0.4, -0.2) is 175 Å². The molecular formula is C38H60N14O16S. The second-order valence-corrected chi connectivity index (χ2v) is 15.5. The van der Waals surface area contributed by atoms with Crippen LogP contribution in [0.25, 0.3) is 0 Å². The molecule has 8 amide bonds. The highest BCUT2D eigenvalue weighted by Crippen LogP contribution is 2.08. The monoisotopic (exact) mass is 1000 g/mol. The number of nitrogens with one attached hydrogen (secondary N) is 9. The lowest BCUT2D eigenvalue weighted by Gasteiger charge is -2.26. The quantitative estimate of drug-likeness (QED) is 0.0135. The van der Waals surface area contributed by atoms with Gasteiger partial charge in [0, 0.05) is 49.9 Å². The smallest absolute Gasteiger partial charge is 0.326 e. The van der Waals surface area contributed by atoms with E-state index in [1.807, 2.05) is 0 Å². The molecule has 0 unspecified atom stereocenters. The van der Waals surface area contributed by atoms with E-state index < -0.39 is 165 Å². The Labute approximate surface area is 398 Å². The number of nitrogens with zero attached hydrogens (tertiary/aromatic N) is 2. The minimum absolute atomic E-state index is 0.0428. The first kappa shape index (κ1) is 59.4. The van der Waals surface area contributed by atoms with E-state index in [0.717, 1.165) is 6.92 Å². The Kier molecular flexibility index (Phi) is 26.4. The molecule has 1 heterocycles. The molecule has 0 aliphatic heterocycles. The summed E-state index contributed by atoms with van der Waals surface area (Å²) in [5.74, 6) is -14.1. The van der Waals surface area contributed by atoms with Gasteiger partial charge in [-0.25, -0.2) is 9.78 Å². The van der Waals surface area contributed by atoms with Crippen molar-refractivity contribution in [1.29, 1.82) is 0 Å². The van der Waals surface area contributed by atoms with E-state index in [4.69, 9.17) is 22.3 Å². The number of thiol groups is 1. The van der Waals surface area contributed by atoms with Crippen LogP contribution in [0.5, 0.6) is 0 Å². The Morgan fingerprint density at radius 1 is 0.594 bits per heavy atom. The van der Waals surface area contributed by atoms with E-state index >= 15 is 0 Å². The Hall–Kier alpha value is -7.57. The van der Waals surface area contributed by atoms with Gasteiger partial charge in [0.15, 0.2) is 5.96 Å². The van der Waals surface area contributed by atoms with Gasteiger partial charge in [0.2, 0.25) is 47.3 Å². The van der Waals surface area contributed by atoms with Gasteiger partial charge in [-0.15, -0.1) is 0 Å². The maximum atomic E-state index is 13.7. The Bertz CT molecular complexity index is 2020. The highest BCUT2D eigenvalue weighted by Gasteiger charge is 2.34. The number of guanidine groups is 1. The van der Waals surface area contributed by atoms with Crippen LogP contribution >= 0.6 is 12.6 Å². The summed E-state index contributed by atoms with van der Waals surface area (Å²) in [4.78, 5) is 162. The Morgan fingerprint density at radius 2 is 1.00 bits per heavy atom. The van der Waals surface area contributed by atoms with Gasteiger partial charge in [-0.1, -0.05) is 0 Å². The first-order valence-corrected chi connectivity index (χ1v) is 21.7. The summed E-state index contributed by atoms with van der Waals surface area (Å²) in [6.45, 7) is 1.84. The minimum atomic E-state index is -1.72. The van der Waals surface area contributed by atoms with Crippen molar-refractivity contribution in [3.05, 3.63) is 18.2 Å². The molecule has 19 N–H and O–H groups in total. The lowest BCUT2D eigenvalue weighted by molar-refractivity contribution is -0.144. The summed E-state index contributed by atoms with van der Waals surface area (Å²) < 4.78 is 0. The van der Waals surface area contributed by atoms with E-state index in [-0.39, 0.29) is 37.5 Å². The number of imidazole rings is 1. The maximum absolute atomic E-state index is 13.7. The third-order valence-electron chi connectivity index (χ3n) is 9.54. The van der Waals surface area contributed by atoms with Crippen LogP contribution < -0.4 is 59.7 Å². The number of aliphatic imine (C=N–C) groups is 1. The van der Waals surface area contributed by atoms with E-state index in [2.05, 4.69) is 70.1 Å². The first-order valence-electron chi connectivity index (χ1n) is 21.0. The topological polar surface area (TPSA) is 501 Å². The van der Waals surface area contributed by atoms with E-state index in [1.165, 1.54) is 19.4 Å². The van der Waals surface area contributed by atoms with Crippen molar-refractivity contribution in [1.82, 2.24) is 52.5 Å². The number of aromatic nitrogens is 2. The van der Waals surface area contributed by atoms with Crippen molar-refractivity contribution >= 4 is 89.7 Å². The molecule has 0 spiro atoms. The molecular weight excluding hydrogens is 941 g/mol. The van der Waals surface area contributed by atoms with Crippen molar-refractivity contribution in [3.8, 4) is 0 Å². The van der Waals surface area contributed by atoms with Crippen molar-refractivity contribution in [2.24, 2.45) is 22.2 Å². The largest absolute Gasteiger partial charge is 0.481 e. The molecule has 384 valence electrons. The molecule has 8 atom stereocenters. The highest BCUT2D eigenvalue weighted by atomic mass is 32.1. The van der Waals surface area contributed by atoms with Crippen LogP contribution in [-0.2, 0) is 64.0 Å². The molecule has 0 fully saturated rings. The van der Waals surface area contributed by atoms with Gasteiger partial charge in [-0.3, -0.25) is 57.7 Å². The van der Waals surface area contributed by atoms with Crippen molar-refractivity contribution in [3.63, 3.8) is 0 Å². The van der Waals surface area contributed by atoms with Crippen LogP contribution in [0, 0.1) is 0 Å². The molecule has 0 saturated carbocycles. The summed E-state index contributed by atoms with van der Waals surface area (Å²) >= 11 is 4.06. The molecule has 1 aromatic rings. The molecule has 0 saturated heterocycles. The van der Waals surface area contributed by atoms with Crippen LogP contribution in [0.1, 0.15) is 70.9 Å². The molecule has 0 radical (unpaired) electrons. The lowest BCUT2D eigenvalue weighted by Crippen LogP contribution is -2.60. The lowest BCUT2D eigenvalue weighted by atomic mass is 10.1. The predicted octanol–water partition coefficient (Wildman–Crippen LogP) is -6.51. The number of carbonyl (C=O) groups is 12. The number of nitrogens with two attached hydrogens (primary N) is 3. The first-order chi connectivity index (χ1) is 32.4. The number of hydrogen-bond acceptors (Lipinski definition) is 16. The van der Waals surface area contributed by atoms with Gasteiger partial charge in [-0.2, -0.15) is 12.6 Å². The van der Waals surface area contributed by atoms with Crippen molar-refractivity contribution in [2.45, 2.75) is 120 Å². The fourth-order valence-electron chi connectivity index (χ4n) is 5.81. The van der Waals surface area contributed by atoms with Crippen LogP contribution in [0.3, 0.4) is 0 Å². The summed E-state index contributed by atoms with van der Waals surface area (Å²) in [6, 6.07) is -12.2. The van der Waals surface area contributed by atoms with Gasteiger partial charge in [0.05, 0.1) is 12.9 Å². The molecule has 1 aromatic heterocycles. The van der Waals surface area contributed by atoms with Crippen molar-refractivity contribution < 1.29 is 78.0 Å². The molecule has 30 nitrogen and oxygen atoms in total. The van der Waals surface area contributed by atoms with Crippen LogP contribution in [0.4, 0.5) is 0 Å². The van der Waals surface area contributed by atoms with Gasteiger partial charge in [0.1, 0.15) is 48.3 Å². The Morgan fingerprint density at radius 3 is 1.42 bits per heavy atom. The standard InChI is InChI=1S/C38H60N14O16S/c1-17(46-33(63)21(5-8-27(54)55)50-35(65)24(12-19-14-42-16-44-19)52-36(66)25(15-69)47-26(53)13-39)30(60)48-20(4-3-11-43-38(40)41)32(62)45-18(2)31(61)49-22(6-9-28(56)57)34(64)51-23(37(67)68)7-10-29(58)59/h14,16-18,20-25,69H,3-13,15,39H2,1-2H3,(H,42,44)(H,45,62)(H,46,63)(H,47,53)(H,48,60)(H,49,61)(H,50,65)(H,51,64)(H,52,66)(H,54,55)(H,56,57)(H,58,59)(H,67,68)(H4,40,41,43)/t17-,18-,20-,21-,22-,23-,24-,25-/m0/s1. The van der Waals surface area contributed by atoms with Gasteiger partial charge in [-0.05, 0) is 46.0 Å². The molecule has 0 bridgehead atoms. The molecule has 1 rings (SSSR count). The molecule has 31 heteroatoms. The zero-order chi connectivity index (χ0) is 52.4. The highest BCUT2D eigenvalue weighted by molar-refractivity contribution is 7.80. The fraction of sp³-hybridized carbons (Fsp3) is 0.579. The minimum Gasteiger partial charge on any atom is -0.481 e. The summed E-state index contributed by atoms with van der Waals surface area (Å²) in [5, 5.41) is 55.5. The number of aromatic amines is 1. The van der Waals surface area contributed by atoms with E-state index in [1.54, 1.807) is 0 Å². The van der Waals surface area contributed by atoms with Crippen LogP contribution in [0.2, 0.25) is 0 Å². The number of hydrogen-bond donors (Lipinski definition) is 17. The molecule has 0 aliphatic rings. The van der Waals surface area contributed by atoms with Crippen LogP contribution in [0.15, 0.2) is 17.5 Å². The van der Waals surface area contributed by atoms with Gasteiger partial charge in [0.25, 0.3) is 0 Å². The zero-order valence-corrected chi connectivity index (χ0v) is 38.4. The average Bonchev–Trinajstić information content (AvgIpc) is 3.79. The average molecular weight is 1000 g/mol. The van der Waals surface area contributed by atoms with Gasteiger partial charge >= 0.3 is 23.9 Å². The number of amides is 8. The second kappa shape index (κ2) is 30.7. The molecule has 69 heavy (non-hydrogen) atoms. The number of H-pyrrole nitrogens is 1. The third-order valence-corrected chi connectivity index (χ3v) is 9.90. The summed E-state index contributed by atoms with van der Waals surface area (Å²) in [6.07, 6.45) is -1.35. The van der Waals surface area contributed by atoms with Crippen molar-refractivity contribution in [2.75, 3.05) is 18.8 Å². The second-order valence-electron chi connectivity index (χ2n) is 15.1. The number of carbonyl (C=O) groups excluding carboxylic acids is 8. The van der Waals surface area contributed by atoms with Gasteiger partial charge < -0.3 is 85.1 Å². The maximum Gasteiger partial charge on any atom is 0.326 e. The third kappa shape index (κ3) is 23.6. The zero-order valence-electron chi connectivity index (χ0n) is 37.5. The fourth-order valence-corrected chi connectivity index (χ4v) is 6.07. The number of rotatable bonds is 33. The normalized spacial score (nSPS) is 14.2. The molecule has 0 aliphatic carbocycles. The van der Waals surface area contributed by atoms with E-state index in [0.29, 0.717) is 5.69 Å². The number of carboxylic acid groups (broad SMARTS) is 4. The molecule has 0 aromatic carbocycles. The predicted molar refractivity (Wildman–Crippen MR) is 240 cm³/mol. The summed E-state index contributed by atoms with van der Waals surface area (Å²) in [5.41, 5.74) is 16.4. The van der Waals surface area contributed by atoms with E-state index in [9.17, 15) is 72.9 Å². The SMILES string of the molecule is C[C@H](NC(=O)[C@H](CCCN=C(N)N)NC(=O)[C@H](C)NC(=O)[C@H](CCC(=O)O)NC(=O)[C@H](Cc1cnc[nH]1)NC(=O)[C@H](CS)NC(=O)CN)C(=O)N[C@@H](CCC(=O)O)C(=O)N[C@@H](CCC(=O)O)C(=O)O. The summed E-state index contributed by atoms with van der Waals surface area (Å²) in [7, 11) is 0. The Balaban J connectivity index is 3.29. The number of carboxylic acids is 4.